The molecule has 1 aliphatic rings. The molecule has 14 heavy (non-hydrogen) atoms. The third-order valence-electron chi connectivity index (χ3n) is 2.60. The number of hydrogen-bond acceptors (Lipinski definition) is 4. The van der Waals surface area contributed by atoms with Crippen LogP contribution < -0.4 is 5.73 Å². The van der Waals surface area contributed by atoms with Crippen LogP contribution in [0.3, 0.4) is 0 Å². The maximum Gasteiger partial charge on any atom is 0.107 e. The molecular formula is C10H16N2S2. The Morgan fingerprint density at radius 3 is 3.00 bits per heavy atom. The number of aromatic nitrogens is 1. The van der Waals surface area contributed by atoms with Crippen LogP contribution in [0.5, 0.6) is 0 Å². The Morgan fingerprint density at radius 1 is 1.57 bits per heavy atom. The van der Waals surface area contributed by atoms with Gasteiger partial charge < -0.3 is 5.73 Å². The molecule has 2 rings (SSSR count). The van der Waals surface area contributed by atoms with Crippen LogP contribution in [0.25, 0.3) is 0 Å². The first-order valence-corrected chi connectivity index (χ1v) is 7.02. The molecule has 2 heterocycles. The van der Waals surface area contributed by atoms with Gasteiger partial charge in [0.1, 0.15) is 5.01 Å². The summed E-state index contributed by atoms with van der Waals surface area (Å²) in [6.07, 6.45) is 2.64. The Kier molecular flexibility index (Phi) is 3.47. The van der Waals surface area contributed by atoms with Gasteiger partial charge in [-0.1, -0.05) is 0 Å². The summed E-state index contributed by atoms with van der Waals surface area (Å²) in [4.78, 5) is 6.01. The van der Waals surface area contributed by atoms with Crippen molar-refractivity contribution in [3.63, 3.8) is 0 Å². The molecule has 4 heteroatoms. The van der Waals surface area contributed by atoms with Crippen molar-refractivity contribution < 1.29 is 0 Å². The minimum Gasteiger partial charge on any atom is -0.325 e. The summed E-state index contributed by atoms with van der Waals surface area (Å²) in [7, 11) is 0. The second-order valence-electron chi connectivity index (χ2n) is 3.67. The number of aryl methyl sites for hydroxylation is 1. The summed E-state index contributed by atoms with van der Waals surface area (Å²) >= 11 is 3.82. The summed E-state index contributed by atoms with van der Waals surface area (Å²) in [5.74, 6) is 3.25. The average Bonchev–Trinajstić information content (AvgIpc) is 2.61. The van der Waals surface area contributed by atoms with Gasteiger partial charge in [-0.3, -0.25) is 0 Å². The summed E-state index contributed by atoms with van der Waals surface area (Å²) in [6, 6.07) is 0. The highest BCUT2D eigenvalue weighted by Gasteiger charge is 2.20. The van der Waals surface area contributed by atoms with Crippen molar-refractivity contribution >= 4 is 23.1 Å². The highest BCUT2D eigenvalue weighted by atomic mass is 32.2. The first-order chi connectivity index (χ1) is 6.81. The zero-order valence-electron chi connectivity index (χ0n) is 8.45. The molecule has 0 amide bonds. The minimum absolute atomic E-state index is 0.589. The Bertz CT molecular complexity index is 303. The number of rotatable bonds is 2. The van der Waals surface area contributed by atoms with Crippen LogP contribution in [0.1, 0.15) is 34.3 Å². The van der Waals surface area contributed by atoms with Crippen molar-refractivity contribution in [1.29, 1.82) is 0 Å². The molecule has 1 saturated heterocycles. The predicted molar refractivity (Wildman–Crippen MR) is 64.0 cm³/mol. The van der Waals surface area contributed by atoms with Crippen molar-refractivity contribution in [1.82, 2.24) is 4.98 Å². The number of thiazole rings is 1. The molecule has 1 aliphatic heterocycles. The van der Waals surface area contributed by atoms with Crippen LogP contribution in [-0.2, 0) is 6.54 Å². The van der Waals surface area contributed by atoms with Crippen molar-refractivity contribution in [3.8, 4) is 0 Å². The van der Waals surface area contributed by atoms with Gasteiger partial charge in [0.25, 0.3) is 0 Å². The molecule has 1 unspecified atom stereocenters. The van der Waals surface area contributed by atoms with E-state index in [-0.39, 0.29) is 0 Å². The zero-order chi connectivity index (χ0) is 9.97. The standard InChI is InChI=1S/C10H16N2S2/c1-7-10(12-9(5-11)14-7)8-3-2-4-13-6-8/h8H,2-6,11H2,1H3. The molecule has 0 saturated carbocycles. The lowest BCUT2D eigenvalue weighted by molar-refractivity contribution is 0.641. The normalized spacial score (nSPS) is 22.6. The number of hydrogen-bond donors (Lipinski definition) is 1. The molecule has 1 aromatic heterocycles. The first kappa shape index (κ1) is 10.5. The van der Waals surface area contributed by atoms with E-state index in [1.165, 1.54) is 34.9 Å². The van der Waals surface area contributed by atoms with Gasteiger partial charge in [0, 0.05) is 23.1 Å². The molecule has 0 radical (unpaired) electrons. The Labute approximate surface area is 93.3 Å². The molecule has 1 atom stereocenters. The van der Waals surface area contributed by atoms with Crippen molar-refractivity contribution in [2.24, 2.45) is 5.73 Å². The fourth-order valence-electron chi connectivity index (χ4n) is 1.89. The zero-order valence-corrected chi connectivity index (χ0v) is 10.1. The first-order valence-electron chi connectivity index (χ1n) is 5.05. The molecule has 2 nitrogen and oxygen atoms in total. The molecule has 1 aromatic rings. The van der Waals surface area contributed by atoms with Gasteiger partial charge in [-0.2, -0.15) is 11.8 Å². The second-order valence-corrected chi connectivity index (χ2v) is 6.10. The van der Waals surface area contributed by atoms with Gasteiger partial charge in [-0.05, 0) is 25.5 Å². The molecule has 2 N–H and O–H groups in total. The summed E-state index contributed by atoms with van der Waals surface area (Å²) in [6.45, 7) is 2.76. The number of nitrogens with two attached hydrogens (primary N) is 1. The summed E-state index contributed by atoms with van der Waals surface area (Å²) in [5, 5.41) is 1.09. The van der Waals surface area contributed by atoms with Gasteiger partial charge >= 0.3 is 0 Å². The SMILES string of the molecule is Cc1sc(CN)nc1C1CCCSC1. The smallest absolute Gasteiger partial charge is 0.107 e. The molecule has 1 fully saturated rings. The molecule has 0 aromatic carbocycles. The fraction of sp³-hybridized carbons (Fsp3) is 0.700. The Hall–Kier alpha value is -0.0600. The molecule has 0 spiro atoms. The highest BCUT2D eigenvalue weighted by Crippen LogP contribution is 2.34. The van der Waals surface area contributed by atoms with E-state index in [2.05, 4.69) is 23.7 Å². The lowest BCUT2D eigenvalue weighted by Crippen LogP contribution is -2.10. The maximum atomic E-state index is 5.60. The van der Waals surface area contributed by atoms with E-state index >= 15 is 0 Å². The van der Waals surface area contributed by atoms with E-state index in [0.29, 0.717) is 12.5 Å². The number of nitrogens with zero attached hydrogens (tertiary/aromatic N) is 1. The van der Waals surface area contributed by atoms with E-state index < -0.39 is 0 Å². The lowest BCUT2D eigenvalue weighted by Gasteiger charge is -2.20. The molecule has 78 valence electrons. The Balaban J connectivity index is 2.17. The van der Waals surface area contributed by atoms with Crippen LogP contribution in [0, 0.1) is 6.92 Å². The van der Waals surface area contributed by atoms with Gasteiger partial charge in [0.15, 0.2) is 0 Å². The van der Waals surface area contributed by atoms with E-state index in [9.17, 15) is 0 Å². The Morgan fingerprint density at radius 2 is 2.43 bits per heavy atom. The van der Waals surface area contributed by atoms with Crippen molar-refractivity contribution in [3.05, 3.63) is 15.6 Å². The van der Waals surface area contributed by atoms with Crippen LogP contribution in [0.2, 0.25) is 0 Å². The molecule has 0 aliphatic carbocycles. The highest BCUT2D eigenvalue weighted by molar-refractivity contribution is 7.99. The quantitative estimate of drug-likeness (QED) is 0.845. The largest absolute Gasteiger partial charge is 0.325 e. The van der Waals surface area contributed by atoms with Gasteiger partial charge in [-0.25, -0.2) is 4.98 Å². The van der Waals surface area contributed by atoms with Crippen LogP contribution in [0.15, 0.2) is 0 Å². The second kappa shape index (κ2) is 4.64. The van der Waals surface area contributed by atoms with Crippen LogP contribution in [-0.4, -0.2) is 16.5 Å². The third-order valence-corrected chi connectivity index (χ3v) is 4.82. The van der Waals surface area contributed by atoms with Crippen molar-refractivity contribution in [2.45, 2.75) is 32.2 Å². The van der Waals surface area contributed by atoms with Gasteiger partial charge in [-0.15, -0.1) is 11.3 Å². The van der Waals surface area contributed by atoms with E-state index in [4.69, 9.17) is 5.73 Å². The minimum atomic E-state index is 0.589. The summed E-state index contributed by atoms with van der Waals surface area (Å²) in [5.41, 5.74) is 6.93. The molecular weight excluding hydrogens is 212 g/mol. The fourth-order valence-corrected chi connectivity index (χ4v) is 3.93. The van der Waals surface area contributed by atoms with Crippen molar-refractivity contribution in [2.75, 3.05) is 11.5 Å². The maximum absolute atomic E-state index is 5.60. The van der Waals surface area contributed by atoms with Crippen LogP contribution in [0.4, 0.5) is 0 Å². The van der Waals surface area contributed by atoms with Gasteiger partial charge in [0.2, 0.25) is 0 Å². The van der Waals surface area contributed by atoms with E-state index in [0.717, 1.165) is 5.01 Å². The predicted octanol–water partition coefficient (Wildman–Crippen LogP) is 2.52. The van der Waals surface area contributed by atoms with Crippen LogP contribution >= 0.6 is 23.1 Å². The molecule has 0 bridgehead atoms. The topological polar surface area (TPSA) is 38.9 Å². The third kappa shape index (κ3) is 2.12. The lowest BCUT2D eigenvalue weighted by atomic mass is 10.0. The van der Waals surface area contributed by atoms with Gasteiger partial charge in [0.05, 0.1) is 5.69 Å². The van der Waals surface area contributed by atoms with E-state index in [1.54, 1.807) is 11.3 Å². The average molecular weight is 228 g/mol. The summed E-state index contributed by atoms with van der Waals surface area (Å²) < 4.78 is 0. The monoisotopic (exact) mass is 228 g/mol. The number of thioether (sulfide) groups is 1. The van der Waals surface area contributed by atoms with E-state index in [1.807, 2.05) is 0 Å².